The summed E-state index contributed by atoms with van der Waals surface area (Å²) in [6.45, 7) is 2.67. The quantitative estimate of drug-likeness (QED) is 0.538. The molecule has 0 aromatic heterocycles. The standard InChI is InChI=1S/C29H32N2O4/c1-33-26-11-7-6-10-23(26)18-31-17-22-9-5-4-8-20(22)14-25(31)29(32)30-13-12-21-15-27(34-2)28(35-3)16-24(21)19-30/h4-11,15-16,25H,12-14,17-19H2,1-3H3/t25-/m0/s1. The molecule has 6 heteroatoms. The van der Waals surface area contributed by atoms with E-state index in [1.54, 1.807) is 21.3 Å². The molecular weight excluding hydrogens is 440 g/mol. The van der Waals surface area contributed by atoms with Gasteiger partial charge in [0.2, 0.25) is 5.91 Å². The number of nitrogens with zero attached hydrogens (tertiary/aromatic N) is 2. The summed E-state index contributed by atoms with van der Waals surface area (Å²) >= 11 is 0. The molecule has 0 saturated carbocycles. The summed E-state index contributed by atoms with van der Waals surface area (Å²) in [7, 11) is 4.99. The number of para-hydroxylation sites is 1. The largest absolute Gasteiger partial charge is 0.496 e. The van der Waals surface area contributed by atoms with Gasteiger partial charge < -0.3 is 19.1 Å². The summed E-state index contributed by atoms with van der Waals surface area (Å²) in [4.78, 5) is 18.3. The third kappa shape index (κ3) is 4.58. The fourth-order valence-electron chi connectivity index (χ4n) is 5.32. The van der Waals surface area contributed by atoms with Crippen molar-refractivity contribution < 1.29 is 19.0 Å². The van der Waals surface area contributed by atoms with Gasteiger partial charge in [-0.15, -0.1) is 0 Å². The molecule has 2 aliphatic rings. The molecule has 2 aliphatic heterocycles. The molecule has 0 fully saturated rings. The van der Waals surface area contributed by atoms with Gasteiger partial charge in [0.05, 0.1) is 27.4 Å². The second kappa shape index (κ2) is 10.0. The minimum Gasteiger partial charge on any atom is -0.496 e. The van der Waals surface area contributed by atoms with Crippen LogP contribution in [0.3, 0.4) is 0 Å². The Balaban J connectivity index is 1.42. The van der Waals surface area contributed by atoms with Crippen LogP contribution in [0, 0.1) is 0 Å². The molecular formula is C29H32N2O4. The predicted molar refractivity (Wildman–Crippen MR) is 135 cm³/mol. The van der Waals surface area contributed by atoms with Gasteiger partial charge in [-0.2, -0.15) is 0 Å². The van der Waals surface area contributed by atoms with Crippen molar-refractivity contribution in [3.05, 3.63) is 88.5 Å². The number of rotatable bonds is 6. The highest BCUT2D eigenvalue weighted by Crippen LogP contribution is 2.34. The molecule has 0 bridgehead atoms. The molecule has 182 valence electrons. The van der Waals surface area contributed by atoms with Gasteiger partial charge in [0, 0.05) is 31.7 Å². The normalized spacial score (nSPS) is 17.3. The Morgan fingerprint density at radius 1 is 0.800 bits per heavy atom. The monoisotopic (exact) mass is 472 g/mol. The van der Waals surface area contributed by atoms with Crippen LogP contribution in [0.1, 0.15) is 27.8 Å². The summed E-state index contributed by atoms with van der Waals surface area (Å²) < 4.78 is 16.6. The van der Waals surface area contributed by atoms with Crippen LogP contribution in [-0.4, -0.2) is 49.6 Å². The molecule has 1 atom stereocenters. The van der Waals surface area contributed by atoms with E-state index in [4.69, 9.17) is 14.2 Å². The first kappa shape index (κ1) is 23.2. The van der Waals surface area contributed by atoms with Crippen LogP contribution in [0.5, 0.6) is 17.2 Å². The molecule has 0 spiro atoms. The molecule has 3 aromatic carbocycles. The van der Waals surface area contributed by atoms with Gasteiger partial charge in [-0.25, -0.2) is 0 Å². The number of carbonyl (C=O) groups excluding carboxylic acids is 1. The molecule has 0 unspecified atom stereocenters. The van der Waals surface area contributed by atoms with Gasteiger partial charge in [0.25, 0.3) is 0 Å². The molecule has 3 aromatic rings. The molecule has 6 nitrogen and oxygen atoms in total. The van der Waals surface area contributed by atoms with Gasteiger partial charge in [-0.1, -0.05) is 42.5 Å². The number of carbonyl (C=O) groups is 1. The van der Waals surface area contributed by atoms with Crippen LogP contribution in [0.15, 0.2) is 60.7 Å². The van der Waals surface area contributed by atoms with E-state index >= 15 is 0 Å². The molecule has 1 amide bonds. The second-order valence-electron chi connectivity index (χ2n) is 9.19. The van der Waals surface area contributed by atoms with Crippen molar-refractivity contribution in [1.82, 2.24) is 9.80 Å². The number of hydrogen-bond acceptors (Lipinski definition) is 5. The lowest BCUT2D eigenvalue weighted by Gasteiger charge is -2.40. The molecule has 5 rings (SSSR count). The second-order valence-corrected chi connectivity index (χ2v) is 9.19. The summed E-state index contributed by atoms with van der Waals surface area (Å²) in [5.41, 5.74) is 5.97. The van der Waals surface area contributed by atoms with Crippen molar-refractivity contribution in [1.29, 1.82) is 0 Å². The van der Waals surface area contributed by atoms with Gasteiger partial charge >= 0.3 is 0 Å². The number of fused-ring (bicyclic) bond motifs is 2. The highest BCUT2D eigenvalue weighted by molar-refractivity contribution is 5.83. The van der Waals surface area contributed by atoms with E-state index < -0.39 is 0 Å². The number of amides is 1. The van der Waals surface area contributed by atoms with Crippen LogP contribution in [0.2, 0.25) is 0 Å². The average molecular weight is 473 g/mol. The van der Waals surface area contributed by atoms with E-state index in [0.717, 1.165) is 35.6 Å². The van der Waals surface area contributed by atoms with Crippen molar-refractivity contribution in [3.8, 4) is 17.2 Å². The maximum Gasteiger partial charge on any atom is 0.240 e. The molecule has 35 heavy (non-hydrogen) atoms. The lowest BCUT2D eigenvalue weighted by Crippen LogP contribution is -2.52. The SMILES string of the molecule is COc1ccccc1CN1Cc2ccccc2C[C@H]1C(=O)N1CCc2cc(OC)c(OC)cc2C1. The molecule has 0 N–H and O–H groups in total. The van der Waals surface area contributed by atoms with Gasteiger partial charge in [-0.05, 0) is 53.3 Å². The van der Waals surface area contributed by atoms with E-state index in [1.165, 1.54) is 16.7 Å². The Morgan fingerprint density at radius 3 is 2.20 bits per heavy atom. The third-order valence-electron chi connectivity index (χ3n) is 7.23. The lowest BCUT2D eigenvalue weighted by atomic mass is 9.91. The molecule has 2 heterocycles. The fraction of sp³-hybridized carbons (Fsp3) is 0.345. The summed E-state index contributed by atoms with van der Waals surface area (Å²) in [6.07, 6.45) is 1.51. The van der Waals surface area contributed by atoms with Crippen LogP contribution >= 0.6 is 0 Å². The van der Waals surface area contributed by atoms with Gasteiger partial charge in [0.1, 0.15) is 5.75 Å². The first-order valence-corrected chi connectivity index (χ1v) is 12.1. The van der Waals surface area contributed by atoms with Crippen LogP contribution < -0.4 is 14.2 Å². The van der Waals surface area contributed by atoms with Crippen molar-refractivity contribution in [3.63, 3.8) is 0 Å². The minimum atomic E-state index is -0.225. The minimum absolute atomic E-state index is 0.176. The van der Waals surface area contributed by atoms with Gasteiger partial charge in [-0.3, -0.25) is 9.69 Å². The number of benzene rings is 3. The van der Waals surface area contributed by atoms with E-state index in [1.807, 2.05) is 35.2 Å². The number of ether oxygens (including phenoxy) is 3. The third-order valence-corrected chi connectivity index (χ3v) is 7.23. The predicted octanol–water partition coefficient (Wildman–Crippen LogP) is 4.22. The van der Waals surface area contributed by atoms with Crippen LogP contribution in [0.25, 0.3) is 0 Å². The summed E-state index contributed by atoms with van der Waals surface area (Å²) in [5.74, 6) is 2.46. The number of methoxy groups -OCH3 is 3. The zero-order chi connectivity index (χ0) is 24.4. The Labute approximate surface area is 207 Å². The smallest absolute Gasteiger partial charge is 0.240 e. The summed E-state index contributed by atoms with van der Waals surface area (Å²) in [6, 6.07) is 20.3. The topological polar surface area (TPSA) is 51.2 Å². The Bertz CT molecular complexity index is 1230. The first-order chi connectivity index (χ1) is 17.1. The fourth-order valence-corrected chi connectivity index (χ4v) is 5.32. The van der Waals surface area contributed by atoms with E-state index in [9.17, 15) is 4.79 Å². The average Bonchev–Trinajstić information content (AvgIpc) is 2.91. The van der Waals surface area contributed by atoms with E-state index in [-0.39, 0.29) is 11.9 Å². The highest BCUT2D eigenvalue weighted by atomic mass is 16.5. The zero-order valence-corrected chi connectivity index (χ0v) is 20.6. The number of hydrogen-bond donors (Lipinski definition) is 0. The summed E-state index contributed by atoms with van der Waals surface area (Å²) in [5, 5.41) is 0. The molecule has 0 saturated heterocycles. The zero-order valence-electron chi connectivity index (χ0n) is 20.6. The van der Waals surface area contributed by atoms with E-state index in [2.05, 4.69) is 35.2 Å². The Morgan fingerprint density at radius 2 is 1.46 bits per heavy atom. The van der Waals surface area contributed by atoms with Crippen molar-refractivity contribution >= 4 is 5.91 Å². The van der Waals surface area contributed by atoms with E-state index in [0.29, 0.717) is 31.8 Å². The molecule has 0 radical (unpaired) electrons. The van der Waals surface area contributed by atoms with Gasteiger partial charge in [0.15, 0.2) is 11.5 Å². The highest BCUT2D eigenvalue weighted by Gasteiger charge is 2.35. The van der Waals surface area contributed by atoms with Crippen LogP contribution in [-0.2, 0) is 37.3 Å². The maximum absolute atomic E-state index is 14.0. The molecule has 0 aliphatic carbocycles. The Hall–Kier alpha value is -3.51. The maximum atomic E-state index is 14.0. The lowest BCUT2D eigenvalue weighted by molar-refractivity contribution is -0.139. The van der Waals surface area contributed by atoms with Crippen LogP contribution in [0.4, 0.5) is 0 Å². The van der Waals surface area contributed by atoms with Crippen molar-refractivity contribution in [2.45, 2.75) is 38.5 Å². The van der Waals surface area contributed by atoms with Crippen molar-refractivity contribution in [2.24, 2.45) is 0 Å². The first-order valence-electron chi connectivity index (χ1n) is 12.1. The van der Waals surface area contributed by atoms with Crippen molar-refractivity contribution in [2.75, 3.05) is 27.9 Å². The Kier molecular flexibility index (Phi) is 6.64.